The molecule has 0 aliphatic heterocycles. The predicted octanol–water partition coefficient (Wildman–Crippen LogP) is 2.47. The van der Waals surface area contributed by atoms with E-state index in [0.29, 0.717) is 5.92 Å². The molecule has 0 saturated carbocycles. The second-order valence-electron chi connectivity index (χ2n) is 4.02. The van der Waals surface area contributed by atoms with Crippen molar-refractivity contribution in [2.45, 2.75) is 20.3 Å². The molecule has 1 aromatic carbocycles. The second-order valence-corrected chi connectivity index (χ2v) is 4.02. The maximum absolute atomic E-state index is 4.28. The fourth-order valence-corrected chi connectivity index (χ4v) is 1.55. The van der Waals surface area contributed by atoms with Gasteiger partial charge in [0, 0.05) is 6.42 Å². The molecule has 0 atom stereocenters. The van der Waals surface area contributed by atoms with E-state index in [1.807, 2.05) is 35.0 Å². The van der Waals surface area contributed by atoms with Crippen LogP contribution in [0.5, 0.6) is 0 Å². The molecule has 0 fully saturated rings. The van der Waals surface area contributed by atoms with Gasteiger partial charge in [0.1, 0.15) is 12.2 Å². The summed E-state index contributed by atoms with van der Waals surface area (Å²) in [6.07, 6.45) is 2.57. The molecule has 2 rings (SSSR count). The van der Waals surface area contributed by atoms with E-state index in [-0.39, 0.29) is 0 Å². The van der Waals surface area contributed by atoms with E-state index >= 15 is 0 Å². The highest BCUT2D eigenvalue weighted by Gasteiger charge is 2.07. The van der Waals surface area contributed by atoms with E-state index in [0.717, 1.165) is 17.9 Å². The number of hydrogen-bond donors (Lipinski definition) is 0. The zero-order chi connectivity index (χ0) is 10.7. The number of rotatable bonds is 3. The Hall–Kier alpha value is -1.64. The molecule has 78 valence electrons. The smallest absolute Gasteiger partial charge is 0.138 e. The molecule has 0 unspecified atom stereocenters. The fraction of sp³-hybridized carbons (Fsp3) is 0.333. The number of para-hydroxylation sites is 1. The van der Waals surface area contributed by atoms with Crippen LogP contribution in [0, 0.1) is 5.92 Å². The molecule has 0 amide bonds. The molecule has 0 N–H and O–H groups in total. The Morgan fingerprint density at radius 3 is 2.60 bits per heavy atom. The molecule has 1 aromatic heterocycles. The number of aromatic nitrogens is 3. The average molecular weight is 201 g/mol. The lowest BCUT2D eigenvalue weighted by Crippen LogP contribution is -2.06. The standard InChI is InChI=1S/C12H15N3/c1-10(2)8-12-13-9-14-15(12)11-6-4-3-5-7-11/h3-7,9-10H,8H2,1-2H3. The highest BCUT2D eigenvalue weighted by Crippen LogP contribution is 2.10. The Morgan fingerprint density at radius 1 is 1.20 bits per heavy atom. The van der Waals surface area contributed by atoms with Gasteiger partial charge in [-0.25, -0.2) is 9.67 Å². The summed E-state index contributed by atoms with van der Waals surface area (Å²) in [6, 6.07) is 10.1. The summed E-state index contributed by atoms with van der Waals surface area (Å²) in [5.74, 6) is 1.62. The van der Waals surface area contributed by atoms with Gasteiger partial charge in [-0.15, -0.1) is 0 Å². The minimum atomic E-state index is 0.594. The Balaban J connectivity index is 2.33. The topological polar surface area (TPSA) is 30.7 Å². The Labute approximate surface area is 89.8 Å². The van der Waals surface area contributed by atoms with E-state index in [1.165, 1.54) is 0 Å². The van der Waals surface area contributed by atoms with Crippen LogP contribution in [-0.2, 0) is 6.42 Å². The third-order valence-corrected chi connectivity index (χ3v) is 2.21. The van der Waals surface area contributed by atoms with Crippen molar-refractivity contribution >= 4 is 0 Å². The third kappa shape index (κ3) is 2.24. The van der Waals surface area contributed by atoms with Crippen molar-refractivity contribution in [1.82, 2.24) is 14.8 Å². The highest BCUT2D eigenvalue weighted by molar-refractivity contribution is 5.30. The first kappa shape index (κ1) is 9.90. The van der Waals surface area contributed by atoms with Gasteiger partial charge in [0.25, 0.3) is 0 Å². The molecule has 0 spiro atoms. The highest BCUT2D eigenvalue weighted by atomic mass is 15.3. The molecule has 0 saturated heterocycles. The van der Waals surface area contributed by atoms with Crippen LogP contribution in [0.1, 0.15) is 19.7 Å². The maximum Gasteiger partial charge on any atom is 0.138 e. The van der Waals surface area contributed by atoms with Gasteiger partial charge in [0.05, 0.1) is 5.69 Å². The predicted molar refractivity (Wildman–Crippen MR) is 59.9 cm³/mol. The molecular formula is C12H15N3. The summed E-state index contributed by atoms with van der Waals surface area (Å²) in [5.41, 5.74) is 1.07. The van der Waals surface area contributed by atoms with Crippen LogP contribution in [0.15, 0.2) is 36.7 Å². The average Bonchev–Trinajstić information content (AvgIpc) is 2.66. The number of benzene rings is 1. The van der Waals surface area contributed by atoms with Crippen molar-refractivity contribution in [3.8, 4) is 5.69 Å². The second kappa shape index (κ2) is 4.26. The lowest BCUT2D eigenvalue weighted by molar-refractivity contribution is 0.605. The van der Waals surface area contributed by atoms with E-state index in [1.54, 1.807) is 6.33 Å². The molecule has 15 heavy (non-hydrogen) atoms. The molecule has 0 radical (unpaired) electrons. The summed E-state index contributed by atoms with van der Waals surface area (Å²) < 4.78 is 1.90. The van der Waals surface area contributed by atoms with Crippen LogP contribution in [-0.4, -0.2) is 14.8 Å². The van der Waals surface area contributed by atoms with Crippen molar-refractivity contribution in [2.75, 3.05) is 0 Å². The van der Waals surface area contributed by atoms with Crippen LogP contribution in [0.4, 0.5) is 0 Å². The Kier molecular flexibility index (Phi) is 2.81. The molecule has 2 aromatic rings. The maximum atomic E-state index is 4.28. The van der Waals surface area contributed by atoms with E-state index in [9.17, 15) is 0 Å². The molecule has 0 aliphatic carbocycles. The fourth-order valence-electron chi connectivity index (χ4n) is 1.55. The first-order chi connectivity index (χ1) is 7.27. The van der Waals surface area contributed by atoms with Crippen molar-refractivity contribution in [3.63, 3.8) is 0 Å². The first-order valence-electron chi connectivity index (χ1n) is 5.21. The van der Waals surface area contributed by atoms with Crippen LogP contribution in [0.3, 0.4) is 0 Å². The van der Waals surface area contributed by atoms with Gasteiger partial charge in [0.15, 0.2) is 0 Å². The summed E-state index contributed by atoms with van der Waals surface area (Å²) in [4.78, 5) is 4.28. The zero-order valence-electron chi connectivity index (χ0n) is 9.09. The van der Waals surface area contributed by atoms with Crippen LogP contribution < -0.4 is 0 Å². The minimum Gasteiger partial charge on any atom is -0.220 e. The molecule has 0 aliphatic rings. The van der Waals surface area contributed by atoms with Gasteiger partial charge in [-0.1, -0.05) is 32.0 Å². The third-order valence-electron chi connectivity index (χ3n) is 2.21. The molecular weight excluding hydrogens is 186 g/mol. The van der Waals surface area contributed by atoms with Crippen LogP contribution >= 0.6 is 0 Å². The van der Waals surface area contributed by atoms with Gasteiger partial charge in [-0.2, -0.15) is 5.10 Å². The SMILES string of the molecule is CC(C)Cc1ncnn1-c1ccccc1. The molecule has 3 nitrogen and oxygen atoms in total. The normalized spacial score (nSPS) is 10.9. The Morgan fingerprint density at radius 2 is 1.93 bits per heavy atom. The van der Waals surface area contributed by atoms with Gasteiger partial charge >= 0.3 is 0 Å². The van der Waals surface area contributed by atoms with E-state index in [2.05, 4.69) is 23.9 Å². The zero-order valence-corrected chi connectivity index (χ0v) is 9.09. The van der Waals surface area contributed by atoms with Crippen LogP contribution in [0.2, 0.25) is 0 Å². The summed E-state index contributed by atoms with van der Waals surface area (Å²) in [5, 5.41) is 4.25. The Bertz CT molecular complexity index is 417. The van der Waals surface area contributed by atoms with Gasteiger partial charge in [-0.05, 0) is 18.1 Å². The van der Waals surface area contributed by atoms with E-state index in [4.69, 9.17) is 0 Å². The molecule has 1 heterocycles. The lowest BCUT2D eigenvalue weighted by atomic mass is 10.1. The largest absolute Gasteiger partial charge is 0.220 e. The quantitative estimate of drug-likeness (QED) is 0.763. The van der Waals surface area contributed by atoms with Crippen molar-refractivity contribution in [2.24, 2.45) is 5.92 Å². The van der Waals surface area contributed by atoms with Crippen molar-refractivity contribution < 1.29 is 0 Å². The monoisotopic (exact) mass is 201 g/mol. The molecule has 0 bridgehead atoms. The van der Waals surface area contributed by atoms with Crippen molar-refractivity contribution in [3.05, 3.63) is 42.5 Å². The summed E-state index contributed by atoms with van der Waals surface area (Å²) in [7, 11) is 0. The lowest BCUT2D eigenvalue weighted by Gasteiger charge is -2.07. The summed E-state index contributed by atoms with van der Waals surface area (Å²) in [6.45, 7) is 4.37. The van der Waals surface area contributed by atoms with Gasteiger partial charge in [0.2, 0.25) is 0 Å². The molecule has 3 heteroatoms. The summed E-state index contributed by atoms with van der Waals surface area (Å²) >= 11 is 0. The van der Waals surface area contributed by atoms with Crippen molar-refractivity contribution in [1.29, 1.82) is 0 Å². The van der Waals surface area contributed by atoms with Gasteiger partial charge < -0.3 is 0 Å². The van der Waals surface area contributed by atoms with Crippen LogP contribution in [0.25, 0.3) is 5.69 Å². The number of nitrogens with zero attached hydrogens (tertiary/aromatic N) is 3. The van der Waals surface area contributed by atoms with Gasteiger partial charge in [-0.3, -0.25) is 0 Å². The minimum absolute atomic E-state index is 0.594. The first-order valence-corrected chi connectivity index (χ1v) is 5.21. The number of hydrogen-bond acceptors (Lipinski definition) is 2. The van der Waals surface area contributed by atoms with E-state index < -0.39 is 0 Å².